The largest absolute Gasteiger partial charge is 0.476 e. The maximum absolute atomic E-state index is 13.1. The molecule has 0 fully saturated rings. The minimum atomic E-state index is -3.67. The predicted molar refractivity (Wildman–Crippen MR) is 134 cm³/mol. The number of amides is 2. The molecule has 3 rings (SSSR count). The van der Waals surface area contributed by atoms with Gasteiger partial charge in [0.25, 0.3) is 11.8 Å². The van der Waals surface area contributed by atoms with Crippen molar-refractivity contribution >= 4 is 33.2 Å². The lowest BCUT2D eigenvalue weighted by atomic mass is 9.86. The van der Waals surface area contributed by atoms with Crippen LogP contribution in [0, 0.1) is 0 Å². The van der Waals surface area contributed by atoms with Crippen molar-refractivity contribution in [1.82, 2.24) is 5.32 Å². The van der Waals surface area contributed by atoms with Crippen LogP contribution >= 0.6 is 0 Å². The zero-order valence-corrected chi connectivity index (χ0v) is 21.3. The van der Waals surface area contributed by atoms with Gasteiger partial charge >= 0.3 is 0 Å². The number of fused-ring (bicyclic) bond motifs is 1. The van der Waals surface area contributed by atoms with Crippen molar-refractivity contribution in [2.75, 3.05) is 22.4 Å². The molecule has 1 aliphatic heterocycles. The Morgan fingerprint density at radius 1 is 1.18 bits per heavy atom. The molecule has 184 valence electrons. The van der Waals surface area contributed by atoms with E-state index < -0.39 is 22.0 Å². The Hall–Kier alpha value is -3.07. The maximum atomic E-state index is 13.1. The molecule has 2 aromatic carbocycles. The van der Waals surface area contributed by atoms with Crippen LogP contribution < -0.4 is 19.7 Å². The number of hydrogen-bond donors (Lipinski definition) is 2. The van der Waals surface area contributed by atoms with E-state index in [1.807, 2.05) is 40.7 Å². The van der Waals surface area contributed by atoms with Crippen molar-refractivity contribution in [2.45, 2.75) is 58.6 Å². The number of nitrogens with zero attached hydrogens (tertiary/aromatic N) is 1. The summed E-state index contributed by atoms with van der Waals surface area (Å²) in [5, 5.41) is 5.63. The van der Waals surface area contributed by atoms with E-state index >= 15 is 0 Å². The Balaban J connectivity index is 1.89. The molecule has 0 bridgehead atoms. The molecule has 0 aromatic heterocycles. The van der Waals surface area contributed by atoms with E-state index in [4.69, 9.17) is 4.74 Å². The number of hydrogen-bond acceptors (Lipinski definition) is 5. The quantitative estimate of drug-likeness (QED) is 0.647. The van der Waals surface area contributed by atoms with Crippen LogP contribution in [-0.2, 0) is 20.2 Å². The molecule has 9 heteroatoms. The zero-order chi connectivity index (χ0) is 25.3. The van der Waals surface area contributed by atoms with Crippen molar-refractivity contribution in [3.05, 3.63) is 53.6 Å². The Morgan fingerprint density at radius 3 is 2.47 bits per heavy atom. The van der Waals surface area contributed by atoms with Gasteiger partial charge in [0.1, 0.15) is 5.75 Å². The number of anilines is 2. The minimum absolute atomic E-state index is 0.0178. The van der Waals surface area contributed by atoms with E-state index in [1.54, 1.807) is 36.4 Å². The third kappa shape index (κ3) is 5.70. The first-order valence-electron chi connectivity index (χ1n) is 11.3. The van der Waals surface area contributed by atoms with Crippen molar-refractivity contribution in [2.24, 2.45) is 0 Å². The Labute approximate surface area is 201 Å². The Bertz CT molecular complexity index is 1190. The summed E-state index contributed by atoms with van der Waals surface area (Å²) in [5.74, 6) is -0.525. The van der Waals surface area contributed by atoms with Gasteiger partial charge in [-0.25, -0.2) is 8.42 Å². The van der Waals surface area contributed by atoms with Gasteiger partial charge in [-0.15, -0.1) is 0 Å². The molecule has 2 aromatic rings. The van der Waals surface area contributed by atoms with Gasteiger partial charge in [0, 0.05) is 6.04 Å². The molecule has 2 amide bonds. The second-order valence-corrected chi connectivity index (χ2v) is 11.6. The highest BCUT2D eigenvalue weighted by molar-refractivity contribution is 7.92. The summed E-state index contributed by atoms with van der Waals surface area (Å²) in [6.45, 7) is 9.80. The number of para-hydroxylation sites is 1. The molecule has 0 saturated carbocycles. The van der Waals surface area contributed by atoms with Crippen LogP contribution in [0.3, 0.4) is 0 Å². The topological polar surface area (TPSA) is 105 Å². The molecule has 2 unspecified atom stereocenters. The maximum Gasteiger partial charge on any atom is 0.267 e. The molecule has 1 heterocycles. The molecule has 2 atom stereocenters. The van der Waals surface area contributed by atoms with E-state index in [1.165, 1.54) is 4.31 Å². The standard InChI is InChI=1S/C25H33N3O5S/c1-7-16(2)26-23(29)18-10-8-9-11-19(18)27-24(30)22-15-28(34(6,31)32)20-14-17(25(3,4)5)12-13-21(20)33-22/h8-14,16,22H,7,15H2,1-6H3,(H,26,29)(H,27,30). The van der Waals surface area contributed by atoms with Gasteiger partial charge in [-0.1, -0.05) is 45.9 Å². The van der Waals surface area contributed by atoms with Gasteiger partial charge < -0.3 is 15.4 Å². The highest BCUT2D eigenvalue weighted by Gasteiger charge is 2.36. The summed E-state index contributed by atoms with van der Waals surface area (Å²) in [4.78, 5) is 25.8. The number of rotatable bonds is 6. The molecule has 34 heavy (non-hydrogen) atoms. The van der Waals surface area contributed by atoms with Gasteiger partial charge in [-0.2, -0.15) is 0 Å². The molecular formula is C25H33N3O5S. The third-order valence-electron chi connectivity index (χ3n) is 5.81. The normalized spacial score (nSPS) is 16.8. The van der Waals surface area contributed by atoms with Gasteiger partial charge in [0.15, 0.2) is 6.10 Å². The highest BCUT2D eigenvalue weighted by atomic mass is 32.2. The molecule has 0 spiro atoms. The lowest BCUT2D eigenvalue weighted by Crippen LogP contribution is -2.48. The number of benzene rings is 2. The fourth-order valence-corrected chi connectivity index (χ4v) is 4.48. The Kier molecular flexibility index (Phi) is 7.26. The zero-order valence-electron chi connectivity index (χ0n) is 20.5. The van der Waals surface area contributed by atoms with Gasteiger partial charge in [-0.05, 0) is 48.6 Å². The monoisotopic (exact) mass is 487 g/mol. The van der Waals surface area contributed by atoms with Crippen LogP contribution in [0.25, 0.3) is 0 Å². The number of carbonyl (C=O) groups is 2. The number of ether oxygens (including phenoxy) is 1. The lowest BCUT2D eigenvalue weighted by Gasteiger charge is -2.35. The number of sulfonamides is 1. The van der Waals surface area contributed by atoms with Crippen LogP contribution in [0.5, 0.6) is 5.75 Å². The second-order valence-electron chi connectivity index (χ2n) is 9.65. The smallest absolute Gasteiger partial charge is 0.267 e. The number of nitrogens with one attached hydrogen (secondary N) is 2. The molecular weight excluding hydrogens is 454 g/mol. The van der Waals surface area contributed by atoms with Gasteiger partial charge in [-0.3, -0.25) is 13.9 Å². The Morgan fingerprint density at radius 2 is 1.85 bits per heavy atom. The molecule has 2 N–H and O–H groups in total. The van der Waals surface area contributed by atoms with Crippen LogP contribution in [0.4, 0.5) is 11.4 Å². The predicted octanol–water partition coefficient (Wildman–Crippen LogP) is 3.68. The van der Waals surface area contributed by atoms with Crippen LogP contribution in [-0.4, -0.2) is 45.2 Å². The summed E-state index contributed by atoms with van der Waals surface area (Å²) in [6, 6.07) is 12.0. The average Bonchev–Trinajstić information content (AvgIpc) is 2.76. The van der Waals surface area contributed by atoms with Crippen molar-refractivity contribution in [3.63, 3.8) is 0 Å². The lowest BCUT2D eigenvalue weighted by molar-refractivity contribution is -0.122. The molecule has 0 radical (unpaired) electrons. The fraction of sp³-hybridized carbons (Fsp3) is 0.440. The molecule has 1 aliphatic rings. The molecule has 0 saturated heterocycles. The average molecular weight is 488 g/mol. The summed E-state index contributed by atoms with van der Waals surface area (Å²) in [7, 11) is -3.67. The van der Waals surface area contributed by atoms with Crippen LogP contribution in [0.1, 0.15) is 57.0 Å². The summed E-state index contributed by atoms with van der Waals surface area (Å²) < 4.78 is 32.3. The van der Waals surface area contributed by atoms with Crippen molar-refractivity contribution in [3.8, 4) is 5.75 Å². The van der Waals surface area contributed by atoms with Gasteiger partial charge in [0.2, 0.25) is 10.0 Å². The first-order chi connectivity index (χ1) is 15.8. The minimum Gasteiger partial charge on any atom is -0.476 e. The summed E-state index contributed by atoms with van der Waals surface area (Å²) in [5.41, 5.74) is 1.82. The molecule has 0 aliphatic carbocycles. The SMILES string of the molecule is CCC(C)NC(=O)c1ccccc1NC(=O)C1CN(S(C)(=O)=O)c2cc(C(C)(C)C)ccc2O1. The molecule has 8 nitrogen and oxygen atoms in total. The first kappa shape index (κ1) is 25.6. The fourth-order valence-electron chi connectivity index (χ4n) is 3.58. The van der Waals surface area contributed by atoms with Crippen molar-refractivity contribution in [1.29, 1.82) is 0 Å². The van der Waals surface area contributed by atoms with Crippen molar-refractivity contribution < 1.29 is 22.7 Å². The van der Waals surface area contributed by atoms with E-state index in [0.717, 1.165) is 18.2 Å². The number of carbonyl (C=O) groups excluding carboxylic acids is 2. The van der Waals surface area contributed by atoms with E-state index in [-0.39, 0.29) is 23.9 Å². The highest BCUT2D eigenvalue weighted by Crippen LogP contribution is 2.38. The van der Waals surface area contributed by atoms with Gasteiger partial charge in [0.05, 0.1) is 29.7 Å². The van der Waals surface area contributed by atoms with E-state index in [2.05, 4.69) is 10.6 Å². The summed E-state index contributed by atoms with van der Waals surface area (Å²) in [6.07, 6.45) is 0.789. The van der Waals surface area contributed by atoms with E-state index in [9.17, 15) is 18.0 Å². The van der Waals surface area contributed by atoms with Crippen LogP contribution in [0.15, 0.2) is 42.5 Å². The third-order valence-corrected chi connectivity index (χ3v) is 6.95. The first-order valence-corrected chi connectivity index (χ1v) is 13.2. The van der Waals surface area contributed by atoms with Crippen LogP contribution in [0.2, 0.25) is 0 Å². The summed E-state index contributed by atoms with van der Waals surface area (Å²) >= 11 is 0. The van der Waals surface area contributed by atoms with E-state index in [0.29, 0.717) is 22.7 Å². The second kappa shape index (κ2) is 9.66.